The van der Waals surface area contributed by atoms with Gasteiger partial charge in [-0.2, -0.15) is 0 Å². The third-order valence-corrected chi connectivity index (χ3v) is 2.43. The lowest BCUT2D eigenvalue weighted by molar-refractivity contribution is -0.125. The summed E-state index contributed by atoms with van der Waals surface area (Å²) in [7, 11) is 1.83. The maximum atomic E-state index is 11.3. The molecule has 8 nitrogen and oxygen atoms in total. The van der Waals surface area contributed by atoms with Crippen LogP contribution in [0.15, 0.2) is 6.20 Å². The lowest BCUT2D eigenvalue weighted by Gasteiger charge is -2.11. The van der Waals surface area contributed by atoms with Crippen molar-refractivity contribution in [1.29, 1.82) is 0 Å². The van der Waals surface area contributed by atoms with Gasteiger partial charge in [0.1, 0.15) is 0 Å². The van der Waals surface area contributed by atoms with Crippen LogP contribution in [0.25, 0.3) is 0 Å². The summed E-state index contributed by atoms with van der Waals surface area (Å²) in [5.74, 6) is -0.203. The first-order valence-corrected chi connectivity index (χ1v) is 5.32. The predicted molar refractivity (Wildman–Crippen MR) is 57.9 cm³/mol. The van der Waals surface area contributed by atoms with E-state index in [1.165, 1.54) is 4.90 Å². The molecule has 2 heterocycles. The minimum absolute atomic E-state index is 0.0845. The Bertz CT molecular complexity index is 413. The monoisotopic (exact) mass is 238 g/mol. The molecule has 1 fully saturated rings. The van der Waals surface area contributed by atoms with Gasteiger partial charge in [0.15, 0.2) is 0 Å². The highest BCUT2D eigenvalue weighted by molar-refractivity contribution is 6.01. The van der Waals surface area contributed by atoms with Crippen molar-refractivity contribution in [2.75, 3.05) is 20.1 Å². The maximum Gasteiger partial charge on any atom is 0.324 e. The molecule has 2 rings (SSSR count). The molecule has 2 N–H and O–H groups in total. The molecule has 0 saturated carbocycles. The summed E-state index contributed by atoms with van der Waals surface area (Å²) in [6.07, 6.45) is 1.79. The van der Waals surface area contributed by atoms with E-state index < -0.39 is 0 Å². The highest BCUT2D eigenvalue weighted by Gasteiger charge is 2.27. The van der Waals surface area contributed by atoms with E-state index in [0.29, 0.717) is 19.6 Å². The fourth-order valence-electron chi connectivity index (χ4n) is 1.59. The molecule has 1 aliphatic heterocycles. The number of hydrogen-bond donors (Lipinski definition) is 2. The number of urea groups is 1. The van der Waals surface area contributed by atoms with E-state index in [-0.39, 0.29) is 18.5 Å². The Kier molecular flexibility index (Phi) is 3.33. The van der Waals surface area contributed by atoms with Crippen molar-refractivity contribution in [1.82, 2.24) is 30.5 Å². The van der Waals surface area contributed by atoms with E-state index in [1.54, 1.807) is 10.9 Å². The van der Waals surface area contributed by atoms with Crippen LogP contribution in [-0.4, -0.2) is 52.0 Å². The van der Waals surface area contributed by atoms with Crippen LogP contribution in [0.2, 0.25) is 0 Å². The molecule has 0 aromatic carbocycles. The minimum Gasteiger partial charge on any atom is -0.329 e. The number of nitrogens with zero attached hydrogens (tertiary/aromatic N) is 4. The zero-order valence-corrected chi connectivity index (χ0v) is 9.51. The van der Waals surface area contributed by atoms with Gasteiger partial charge in [-0.3, -0.25) is 14.4 Å². The summed E-state index contributed by atoms with van der Waals surface area (Å²) < 4.78 is 1.62. The smallest absolute Gasteiger partial charge is 0.324 e. The normalized spacial score (nSPS) is 15.5. The standard InChI is InChI=1S/C9H14N6O2/c1-10-4-7-6-14(13-12-7)2-3-15-8(16)5-11-9(15)17/h6,10H,2-5H2,1H3,(H,11,17). The molecule has 8 heteroatoms. The second-order valence-corrected chi connectivity index (χ2v) is 3.71. The number of hydrogen-bond acceptors (Lipinski definition) is 5. The second-order valence-electron chi connectivity index (χ2n) is 3.71. The van der Waals surface area contributed by atoms with E-state index >= 15 is 0 Å². The predicted octanol–water partition coefficient (Wildman–Crippen LogP) is -1.45. The molecule has 92 valence electrons. The molecule has 0 bridgehead atoms. The van der Waals surface area contributed by atoms with Crippen LogP contribution in [0.5, 0.6) is 0 Å². The van der Waals surface area contributed by atoms with Gasteiger partial charge >= 0.3 is 6.03 Å². The van der Waals surface area contributed by atoms with Gasteiger partial charge in [-0.05, 0) is 7.05 Å². The molecule has 0 unspecified atom stereocenters. The zero-order chi connectivity index (χ0) is 12.3. The van der Waals surface area contributed by atoms with E-state index in [0.717, 1.165) is 5.69 Å². The molecule has 1 saturated heterocycles. The third-order valence-electron chi connectivity index (χ3n) is 2.43. The fraction of sp³-hybridized carbons (Fsp3) is 0.556. The summed E-state index contributed by atoms with van der Waals surface area (Å²) >= 11 is 0. The Balaban J connectivity index is 1.88. The largest absolute Gasteiger partial charge is 0.329 e. The molecule has 0 aliphatic carbocycles. The van der Waals surface area contributed by atoms with Crippen molar-refractivity contribution >= 4 is 11.9 Å². The number of amides is 3. The van der Waals surface area contributed by atoms with Gasteiger partial charge in [0, 0.05) is 12.7 Å². The number of rotatable bonds is 5. The summed E-state index contributed by atoms with van der Waals surface area (Å²) in [5.41, 5.74) is 0.824. The van der Waals surface area contributed by atoms with Crippen molar-refractivity contribution in [3.8, 4) is 0 Å². The number of nitrogens with one attached hydrogen (secondary N) is 2. The first kappa shape index (κ1) is 11.5. The van der Waals surface area contributed by atoms with E-state index in [9.17, 15) is 9.59 Å². The van der Waals surface area contributed by atoms with E-state index in [2.05, 4.69) is 20.9 Å². The van der Waals surface area contributed by atoms with Crippen LogP contribution in [0, 0.1) is 0 Å². The molecular formula is C9H14N6O2. The van der Waals surface area contributed by atoms with Gasteiger partial charge in [-0.25, -0.2) is 4.79 Å². The highest BCUT2D eigenvalue weighted by atomic mass is 16.2. The van der Waals surface area contributed by atoms with Gasteiger partial charge < -0.3 is 10.6 Å². The van der Waals surface area contributed by atoms with Crippen LogP contribution in [0.4, 0.5) is 4.79 Å². The van der Waals surface area contributed by atoms with Crippen molar-refractivity contribution in [2.24, 2.45) is 0 Å². The molecule has 0 spiro atoms. The van der Waals surface area contributed by atoms with Crippen molar-refractivity contribution in [3.63, 3.8) is 0 Å². The SMILES string of the molecule is CNCc1cn(CCN2C(=O)CNC2=O)nn1. The van der Waals surface area contributed by atoms with Crippen molar-refractivity contribution in [3.05, 3.63) is 11.9 Å². The second kappa shape index (κ2) is 4.91. The lowest BCUT2D eigenvalue weighted by atomic mass is 10.4. The summed E-state index contributed by atoms with van der Waals surface area (Å²) in [6.45, 7) is 1.49. The molecular weight excluding hydrogens is 224 g/mol. The van der Waals surface area contributed by atoms with Crippen molar-refractivity contribution in [2.45, 2.75) is 13.1 Å². The summed E-state index contributed by atoms with van der Waals surface area (Å²) in [4.78, 5) is 23.7. The minimum atomic E-state index is -0.342. The molecule has 0 atom stereocenters. The van der Waals surface area contributed by atoms with Crippen LogP contribution in [-0.2, 0) is 17.9 Å². The summed E-state index contributed by atoms with van der Waals surface area (Å²) in [5, 5.41) is 13.3. The van der Waals surface area contributed by atoms with E-state index in [1.807, 2.05) is 7.05 Å². The number of imide groups is 1. The van der Waals surface area contributed by atoms with Crippen LogP contribution in [0.3, 0.4) is 0 Å². The Hall–Kier alpha value is -1.96. The average molecular weight is 238 g/mol. The van der Waals surface area contributed by atoms with Gasteiger partial charge in [-0.1, -0.05) is 5.21 Å². The Morgan fingerprint density at radius 2 is 2.29 bits per heavy atom. The highest BCUT2D eigenvalue weighted by Crippen LogP contribution is 2.00. The molecule has 3 amide bonds. The first-order valence-electron chi connectivity index (χ1n) is 5.32. The van der Waals surface area contributed by atoms with E-state index in [4.69, 9.17) is 0 Å². The van der Waals surface area contributed by atoms with Crippen LogP contribution in [0.1, 0.15) is 5.69 Å². The topological polar surface area (TPSA) is 92.2 Å². The number of carbonyl (C=O) groups is 2. The zero-order valence-electron chi connectivity index (χ0n) is 9.51. The first-order chi connectivity index (χ1) is 8.20. The van der Waals surface area contributed by atoms with Gasteiger partial charge in [0.2, 0.25) is 5.91 Å². The fourth-order valence-corrected chi connectivity index (χ4v) is 1.59. The summed E-state index contributed by atoms with van der Waals surface area (Å²) in [6, 6.07) is -0.342. The Morgan fingerprint density at radius 3 is 2.94 bits per heavy atom. The Labute approximate surface area is 98.0 Å². The van der Waals surface area contributed by atoms with Gasteiger partial charge in [0.25, 0.3) is 0 Å². The van der Waals surface area contributed by atoms with Gasteiger partial charge in [0.05, 0.1) is 25.3 Å². The van der Waals surface area contributed by atoms with Crippen molar-refractivity contribution < 1.29 is 9.59 Å². The quantitative estimate of drug-likeness (QED) is 0.612. The van der Waals surface area contributed by atoms with Crippen LogP contribution < -0.4 is 10.6 Å². The average Bonchev–Trinajstić information content (AvgIpc) is 2.86. The maximum absolute atomic E-state index is 11.3. The molecule has 17 heavy (non-hydrogen) atoms. The number of aromatic nitrogens is 3. The third kappa shape index (κ3) is 2.59. The van der Waals surface area contributed by atoms with Gasteiger partial charge in [-0.15, -0.1) is 5.10 Å². The Morgan fingerprint density at radius 1 is 1.47 bits per heavy atom. The molecule has 0 radical (unpaired) electrons. The molecule has 1 aromatic heterocycles. The molecule has 1 aromatic rings. The molecule has 1 aliphatic rings. The lowest BCUT2D eigenvalue weighted by Crippen LogP contribution is -2.33. The van der Waals surface area contributed by atoms with Crippen LogP contribution >= 0.6 is 0 Å². The number of carbonyl (C=O) groups excluding carboxylic acids is 2.